The maximum Gasteiger partial charge on any atom is 0.243 e. The van der Waals surface area contributed by atoms with Crippen LogP contribution in [0, 0.1) is 0 Å². The molecule has 0 aliphatic carbocycles. The van der Waals surface area contributed by atoms with Crippen molar-refractivity contribution in [3.05, 3.63) is 0 Å². The van der Waals surface area contributed by atoms with Gasteiger partial charge in [-0.1, -0.05) is 6.92 Å². The molecule has 0 spiro atoms. The molecule has 4 N–H and O–H groups in total. The number of hydrogen-bond acceptors (Lipinski definition) is 5. The zero-order chi connectivity index (χ0) is 11.4. The molecule has 16 heavy (non-hydrogen) atoms. The van der Waals surface area contributed by atoms with E-state index in [1.807, 2.05) is 0 Å². The van der Waals surface area contributed by atoms with Crippen molar-refractivity contribution in [2.24, 2.45) is 0 Å². The van der Waals surface area contributed by atoms with E-state index in [2.05, 4.69) is 32.3 Å². The Bertz CT molecular complexity index is 315. The lowest BCUT2D eigenvalue weighted by molar-refractivity contribution is 0.219. The molecule has 0 bridgehead atoms. The minimum atomic E-state index is 0.367. The first kappa shape index (κ1) is 11.2. The summed E-state index contributed by atoms with van der Waals surface area (Å²) in [5, 5.41) is 9.91. The van der Waals surface area contributed by atoms with Crippen LogP contribution in [0.25, 0.3) is 0 Å². The zero-order valence-electron chi connectivity index (χ0n) is 9.74. The number of anilines is 2. The molecule has 0 unspecified atom stereocenters. The molecule has 2 rings (SSSR count). The molecule has 0 atom stereocenters. The molecular formula is C10H20N6. The van der Waals surface area contributed by atoms with Gasteiger partial charge in [-0.15, -0.1) is 5.10 Å². The number of nitrogens with one attached hydrogen (secondary N) is 2. The topological polar surface area (TPSA) is 82.9 Å². The Balaban J connectivity index is 1.77. The Kier molecular flexibility index (Phi) is 3.61. The number of rotatable bonds is 4. The highest BCUT2D eigenvalue weighted by Gasteiger charge is 2.19. The van der Waals surface area contributed by atoms with Gasteiger partial charge in [-0.3, -0.25) is 0 Å². The van der Waals surface area contributed by atoms with Gasteiger partial charge in [0.25, 0.3) is 0 Å². The fraction of sp³-hybridized carbons (Fsp3) is 0.800. The minimum Gasteiger partial charge on any atom is -0.368 e. The summed E-state index contributed by atoms with van der Waals surface area (Å²) < 4.78 is 0. The molecule has 1 aromatic heterocycles. The van der Waals surface area contributed by atoms with Gasteiger partial charge in [0.15, 0.2) is 0 Å². The van der Waals surface area contributed by atoms with E-state index in [0.29, 0.717) is 17.9 Å². The Morgan fingerprint density at radius 2 is 2.25 bits per heavy atom. The lowest BCUT2D eigenvalue weighted by Gasteiger charge is -2.31. The molecule has 90 valence electrons. The first-order valence-electron chi connectivity index (χ1n) is 5.94. The number of nitrogens with zero attached hydrogens (tertiary/aromatic N) is 3. The molecule has 1 aromatic rings. The Labute approximate surface area is 95.6 Å². The van der Waals surface area contributed by atoms with E-state index < -0.39 is 0 Å². The van der Waals surface area contributed by atoms with Crippen molar-refractivity contribution in [2.75, 3.05) is 30.7 Å². The molecule has 1 fully saturated rings. The third-order valence-electron chi connectivity index (χ3n) is 2.96. The summed E-state index contributed by atoms with van der Waals surface area (Å²) in [4.78, 5) is 6.55. The average molecular weight is 224 g/mol. The highest BCUT2D eigenvalue weighted by Crippen LogP contribution is 2.14. The van der Waals surface area contributed by atoms with Gasteiger partial charge in [0.1, 0.15) is 0 Å². The van der Waals surface area contributed by atoms with E-state index in [0.717, 1.165) is 25.9 Å². The monoisotopic (exact) mass is 224 g/mol. The van der Waals surface area contributed by atoms with Crippen LogP contribution in [-0.4, -0.2) is 45.8 Å². The highest BCUT2D eigenvalue weighted by molar-refractivity contribution is 5.30. The highest BCUT2D eigenvalue weighted by atomic mass is 15.3. The molecule has 6 heteroatoms. The minimum absolute atomic E-state index is 0.367. The SMILES string of the molecule is CCCN1CCC(Nc2n[nH]c(N)n2)CC1. The van der Waals surface area contributed by atoms with Gasteiger partial charge < -0.3 is 16.0 Å². The fourth-order valence-corrected chi connectivity index (χ4v) is 2.14. The molecule has 0 radical (unpaired) electrons. The van der Waals surface area contributed by atoms with Crippen molar-refractivity contribution in [3.8, 4) is 0 Å². The first-order chi connectivity index (χ1) is 7.78. The Hall–Kier alpha value is -1.30. The van der Waals surface area contributed by atoms with Crippen molar-refractivity contribution in [2.45, 2.75) is 32.2 Å². The summed E-state index contributed by atoms with van der Waals surface area (Å²) >= 11 is 0. The Morgan fingerprint density at radius 3 is 2.81 bits per heavy atom. The fourth-order valence-electron chi connectivity index (χ4n) is 2.14. The summed E-state index contributed by atoms with van der Waals surface area (Å²) in [6.45, 7) is 5.75. The molecule has 0 aromatic carbocycles. The quantitative estimate of drug-likeness (QED) is 0.700. The molecular weight excluding hydrogens is 204 g/mol. The lowest BCUT2D eigenvalue weighted by Crippen LogP contribution is -2.39. The summed E-state index contributed by atoms with van der Waals surface area (Å²) in [6, 6.07) is 0.475. The van der Waals surface area contributed by atoms with Crippen LogP contribution in [0.3, 0.4) is 0 Å². The second-order valence-electron chi connectivity index (χ2n) is 4.30. The predicted molar refractivity (Wildman–Crippen MR) is 64.2 cm³/mol. The number of nitrogens with two attached hydrogens (primary N) is 1. The van der Waals surface area contributed by atoms with E-state index in [-0.39, 0.29) is 0 Å². The standard InChI is InChI=1S/C10H20N6/c1-2-5-16-6-3-8(4-7-16)12-10-13-9(11)14-15-10/h8H,2-7H2,1H3,(H4,11,12,13,14,15). The van der Waals surface area contributed by atoms with Gasteiger partial charge >= 0.3 is 0 Å². The predicted octanol–water partition coefficient (Wildman–Crippen LogP) is 0.673. The van der Waals surface area contributed by atoms with Crippen molar-refractivity contribution < 1.29 is 0 Å². The largest absolute Gasteiger partial charge is 0.368 e. The van der Waals surface area contributed by atoms with E-state index >= 15 is 0 Å². The zero-order valence-corrected chi connectivity index (χ0v) is 9.74. The lowest BCUT2D eigenvalue weighted by atomic mass is 10.1. The first-order valence-corrected chi connectivity index (χ1v) is 5.94. The maximum atomic E-state index is 5.47. The van der Waals surface area contributed by atoms with Gasteiger partial charge in [0, 0.05) is 19.1 Å². The van der Waals surface area contributed by atoms with Crippen LogP contribution < -0.4 is 11.1 Å². The van der Waals surface area contributed by atoms with Gasteiger partial charge in [-0.25, -0.2) is 5.10 Å². The number of aromatic nitrogens is 3. The van der Waals surface area contributed by atoms with E-state index in [1.165, 1.54) is 13.0 Å². The number of piperidine rings is 1. The molecule has 1 saturated heterocycles. The smallest absolute Gasteiger partial charge is 0.243 e. The van der Waals surface area contributed by atoms with Crippen molar-refractivity contribution in [1.82, 2.24) is 20.1 Å². The van der Waals surface area contributed by atoms with Crippen LogP contribution in [0.4, 0.5) is 11.9 Å². The summed E-state index contributed by atoms with van der Waals surface area (Å²) in [6.07, 6.45) is 3.53. The third-order valence-corrected chi connectivity index (χ3v) is 2.96. The van der Waals surface area contributed by atoms with Crippen LogP contribution in [0.5, 0.6) is 0 Å². The normalized spacial score (nSPS) is 18.8. The number of nitrogen functional groups attached to an aromatic ring is 1. The van der Waals surface area contributed by atoms with Crippen LogP contribution in [0.15, 0.2) is 0 Å². The van der Waals surface area contributed by atoms with Crippen LogP contribution in [0.2, 0.25) is 0 Å². The van der Waals surface area contributed by atoms with E-state index in [1.54, 1.807) is 0 Å². The van der Waals surface area contributed by atoms with Gasteiger partial charge in [0.05, 0.1) is 0 Å². The van der Waals surface area contributed by atoms with Gasteiger partial charge in [-0.2, -0.15) is 4.98 Å². The number of likely N-dealkylation sites (tertiary alicyclic amines) is 1. The molecule has 0 saturated carbocycles. The van der Waals surface area contributed by atoms with Crippen LogP contribution in [0.1, 0.15) is 26.2 Å². The van der Waals surface area contributed by atoms with Gasteiger partial charge in [0.2, 0.25) is 11.9 Å². The summed E-state index contributed by atoms with van der Waals surface area (Å²) in [5.41, 5.74) is 5.47. The number of aromatic amines is 1. The van der Waals surface area contributed by atoms with Crippen LogP contribution >= 0.6 is 0 Å². The molecule has 1 aliphatic rings. The van der Waals surface area contributed by atoms with Gasteiger partial charge in [-0.05, 0) is 25.8 Å². The molecule has 6 nitrogen and oxygen atoms in total. The third kappa shape index (κ3) is 2.85. The molecule has 2 heterocycles. The second-order valence-corrected chi connectivity index (χ2v) is 4.30. The van der Waals surface area contributed by atoms with Crippen molar-refractivity contribution in [1.29, 1.82) is 0 Å². The Morgan fingerprint density at radius 1 is 1.50 bits per heavy atom. The van der Waals surface area contributed by atoms with E-state index in [4.69, 9.17) is 5.73 Å². The molecule has 1 aliphatic heterocycles. The van der Waals surface area contributed by atoms with E-state index in [9.17, 15) is 0 Å². The average Bonchev–Trinajstić information content (AvgIpc) is 2.67. The number of hydrogen-bond donors (Lipinski definition) is 3. The summed E-state index contributed by atoms with van der Waals surface area (Å²) in [7, 11) is 0. The second kappa shape index (κ2) is 5.16. The molecule has 0 amide bonds. The number of H-pyrrole nitrogens is 1. The van der Waals surface area contributed by atoms with Crippen LogP contribution in [-0.2, 0) is 0 Å². The summed E-state index contributed by atoms with van der Waals surface area (Å²) in [5.74, 6) is 0.984. The van der Waals surface area contributed by atoms with Crippen molar-refractivity contribution >= 4 is 11.9 Å². The van der Waals surface area contributed by atoms with Crippen molar-refractivity contribution in [3.63, 3.8) is 0 Å². The maximum absolute atomic E-state index is 5.47.